The van der Waals surface area contributed by atoms with Crippen LogP contribution in [0, 0.1) is 0 Å². The first kappa shape index (κ1) is 13.2. The van der Waals surface area contributed by atoms with Crippen molar-refractivity contribution < 1.29 is 4.79 Å². The molecule has 0 saturated carbocycles. The third-order valence-corrected chi connectivity index (χ3v) is 3.82. The van der Waals surface area contributed by atoms with Crippen LogP contribution in [0.5, 0.6) is 0 Å². The first-order chi connectivity index (χ1) is 8.69. The number of carbonyl (C=O) groups excluding carboxylic acids is 1. The number of hydrogen-bond acceptors (Lipinski definition) is 2. The molecule has 1 aromatic carbocycles. The number of alkyl halides is 1. The Hall–Kier alpha value is -1.22. The summed E-state index contributed by atoms with van der Waals surface area (Å²) in [6.45, 7) is 3.50. The van der Waals surface area contributed by atoms with Crippen molar-refractivity contribution in [3.63, 3.8) is 0 Å². The number of para-hydroxylation sites is 1. The van der Waals surface area contributed by atoms with Gasteiger partial charge in [0.05, 0.1) is 5.56 Å². The van der Waals surface area contributed by atoms with Gasteiger partial charge in [0.1, 0.15) is 0 Å². The Kier molecular flexibility index (Phi) is 4.12. The fourth-order valence-corrected chi connectivity index (χ4v) is 2.72. The van der Waals surface area contributed by atoms with Crippen molar-refractivity contribution in [3.05, 3.63) is 29.8 Å². The lowest BCUT2D eigenvalue weighted by Gasteiger charge is -2.30. The minimum absolute atomic E-state index is 0.122. The highest BCUT2D eigenvalue weighted by molar-refractivity contribution is 6.17. The van der Waals surface area contributed by atoms with Crippen LogP contribution >= 0.6 is 11.6 Å². The Morgan fingerprint density at radius 3 is 2.78 bits per heavy atom. The number of nitrogens with zero attached hydrogens (tertiary/aromatic N) is 2. The van der Waals surface area contributed by atoms with E-state index in [4.69, 9.17) is 11.6 Å². The number of anilines is 1. The molecule has 0 aromatic heterocycles. The van der Waals surface area contributed by atoms with Gasteiger partial charge in [-0.25, -0.2) is 0 Å². The normalized spacial score (nSPS) is 19.7. The second-order valence-electron chi connectivity index (χ2n) is 4.60. The van der Waals surface area contributed by atoms with E-state index in [1.807, 2.05) is 43.1 Å². The molecular formula is C14H19ClN2O. The molecule has 1 unspecified atom stereocenters. The third-order valence-electron chi connectivity index (χ3n) is 3.60. The Morgan fingerprint density at radius 2 is 2.11 bits per heavy atom. The molecule has 18 heavy (non-hydrogen) atoms. The lowest BCUT2D eigenvalue weighted by Crippen LogP contribution is -2.41. The maximum Gasteiger partial charge on any atom is 0.256 e. The minimum Gasteiger partial charge on any atom is -0.369 e. The van der Waals surface area contributed by atoms with Crippen molar-refractivity contribution in [2.24, 2.45) is 0 Å². The minimum atomic E-state index is 0.122. The standard InChI is InChI=1S/C14H19ClN2O/c1-3-17-10-11(8-9-15)16(2)13-7-5-4-6-12(13)14(17)18/h4-7,11H,3,8-10H2,1-2H3. The summed E-state index contributed by atoms with van der Waals surface area (Å²) in [6, 6.07) is 8.09. The van der Waals surface area contributed by atoms with E-state index in [1.165, 1.54) is 0 Å². The predicted molar refractivity (Wildman–Crippen MR) is 75.5 cm³/mol. The van der Waals surface area contributed by atoms with Gasteiger partial charge >= 0.3 is 0 Å². The van der Waals surface area contributed by atoms with Gasteiger partial charge in [0, 0.05) is 37.7 Å². The first-order valence-corrected chi connectivity index (χ1v) is 6.89. The SMILES string of the molecule is CCN1CC(CCCl)N(C)c2ccccc2C1=O. The zero-order chi connectivity index (χ0) is 13.1. The average molecular weight is 267 g/mol. The molecule has 0 fully saturated rings. The van der Waals surface area contributed by atoms with Crippen molar-refractivity contribution >= 4 is 23.2 Å². The maximum atomic E-state index is 12.4. The molecule has 0 bridgehead atoms. The number of halogens is 1. The molecule has 0 N–H and O–H groups in total. The summed E-state index contributed by atoms with van der Waals surface area (Å²) in [5.74, 6) is 0.736. The van der Waals surface area contributed by atoms with E-state index in [2.05, 4.69) is 4.90 Å². The molecule has 1 amide bonds. The van der Waals surface area contributed by atoms with Gasteiger partial charge in [-0.05, 0) is 25.5 Å². The summed E-state index contributed by atoms with van der Waals surface area (Å²) >= 11 is 5.88. The number of carbonyl (C=O) groups is 1. The van der Waals surface area contributed by atoms with Gasteiger partial charge in [-0.15, -0.1) is 11.6 Å². The molecule has 0 aliphatic carbocycles. The molecule has 0 saturated heterocycles. The molecule has 3 nitrogen and oxygen atoms in total. The van der Waals surface area contributed by atoms with E-state index in [1.54, 1.807) is 0 Å². The van der Waals surface area contributed by atoms with Crippen LogP contribution in [0.3, 0.4) is 0 Å². The molecule has 1 atom stereocenters. The number of benzene rings is 1. The Balaban J connectivity index is 2.43. The number of likely N-dealkylation sites (N-methyl/N-ethyl adjacent to an activating group) is 2. The second kappa shape index (κ2) is 5.61. The highest BCUT2D eigenvalue weighted by Gasteiger charge is 2.29. The lowest BCUT2D eigenvalue weighted by molar-refractivity contribution is 0.0762. The first-order valence-electron chi connectivity index (χ1n) is 6.36. The molecular weight excluding hydrogens is 248 g/mol. The van der Waals surface area contributed by atoms with Gasteiger partial charge in [0.25, 0.3) is 5.91 Å². The van der Waals surface area contributed by atoms with Crippen LogP contribution in [-0.2, 0) is 0 Å². The molecule has 4 heteroatoms. The fraction of sp³-hybridized carbons (Fsp3) is 0.500. The Labute approximate surface area is 113 Å². The fourth-order valence-electron chi connectivity index (χ4n) is 2.47. The van der Waals surface area contributed by atoms with Crippen LogP contribution in [0.1, 0.15) is 23.7 Å². The zero-order valence-corrected chi connectivity index (χ0v) is 11.7. The monoisotopic (exact) mass is 266 g/mol. The van der Waals surface area contributed by atoms with Crippen LogP contribution in [0.4, 0.5) is 5.69 Å². The zero-order valence-electron chi connectivity index (χ0n) is 10.9. The van der Waals surface area contributed by atoms with E-state index in [0.717, 1.165) is 30.8 Å². The van der Waals surface area contributed by atoms with E-state index in [9.17, 15) is 4.79 Å². The highest BCUT2D eigenvalue weighted by Crippen LogP contribution is 2.27. The number of amides is 1. The van der Waals surface area contributed by atoms with Crippen molar-refractivity contribution in [2.45, 2.75) is 19.4 Å². The molecule has 1 aliphatic rings. The molecule has 0 radical (unpaired) electrons. The summed E-state index contributed by atoms with van der Waals surface area (Å²) < 4.78 is 0. The van der Waals surface area contributed by atoms with Crippen LogP contribution < -0.4 is 4.90 Å². The molecule has 1 aliphatic heterocycles. The molecule has 1 heterocycles. The van der Waals surface area contributed by atoms with Gasteiger partial charge in [-0.1, -0.05) is 12.1 Å². The summed E-state index contributed by atoms with van der Waals surface area (Å²) in [4.78, 5) is 16.5. The third kappa shape index (κ3) is 2.32. The topological polar surface area (TPSA) is 23.6 Å². The second-order valence-corrected chi connectivity index (χ2v) is 4.98. The Morgan fingerprint density at radius 1 is 1.39 bits per heavy atom. The largest absolute Gasteiger partial charge is 0.369 e. The van der Waals surface area contributed by atoms with E-state index < -0.39 is 0 Å². The average Bonchev–Trinajstić information content (AvgIpc) is 2.50. The quantitative estimate of drug-likeness (QED) is 0.785. The van der Waals surface area contributed by atoms with Crippen LogP contribution in [0.25, 0.3) is 0 Å². The van der Waals surface area contributed by atoms with Crippen molar-refractivity contribution in [1.29, 1.82) is 0 Å². The number of rotatable bonds is 3. The molecule has 1 aromatic rings. The van der Waals surface area contributed by atoms with Crippen LogP contribution in [0.15, 0.2) is 24.3 Å². The van der Waals surface area contributed by atoms with E-state index in [-0.39, 0.29) is 11.9 Å². The number of fused-ring (bicyclic) bond motifs is 1. The van der Waals surface area contributed by atoms with Crippen LogP contribution in [-0.4, -0.2) is 42.9 Å². The van der Waals surface area contributed by atoms with Gasteiger partial charge in [-0.3, -0.25) is 4.79 Å². The van der Waals surface area contributed by atoms with Crippen molar-refractivity contribution in [3.8, 4) is 0 Å². The molecule has 0 spiro atoms. The smallest absolute Gasteiger partial charge is 0.256 e. The van der Waals surface area contributed by atoms with Gasteiger partial charge < -0.3 is 9.80 Å². The Bertz CT molecular complexity index is 436. The lowest BCUT2D eigenvalue weighted by atomic mass is 10.1. The van der Waals surface area contributed by atoms with Crippen molar-refractivity contribution in [2.75, 3.05) is 30.9 Å². The molecule has 2 rings (SSSR count). The number of hydrogen-bond donors (Lipinski definition) is 0. The highest BCUT2D eigenvalue weighted by atomic mass is 35.5. The summed E-state index contributed by atoms with van der Waals surface area (Å²) in [7, 11) is 2.04. The van der Waals surface area contributed by atoms with Gasteiger partial charge in [0.15, 0.2) is 0 Å². The molecule has 98 valence electrons. The van der Waals surface area contributed by atoms with Gasteiger partial charge in [-0.2, -0.15) is 0 Å². The van der Waals surface area contributed by atoms with Crippen molar-refractivity contribution in [1.82, 2.24) is 4.90 Å². The van der Waals surface area contributed by atoms with E-state index >= 15 is 0 Å². The van der Waals surface area contributed by atoms with Crippen LogP contribution in [0.2, 0.25) is 0 Å². The maximum absolute atomic E-state index is 12.4. The van der Waals surface area contributed by atoms with Gasteiger partial charge in [0.2, 0.25) is 0 Å². The summed E-state index contributed by atoms with van der Waals surface area (Å²) in [6.07, 6.45) is 0.885. The predicted octanol–water partition coefficient (Wildman–Crippen LogP) is 2.60. The summed E-state index contributed by atoms with van der Waals surface area (Å²) in [5.41, 5.74) is 1.80. The summed E-state index contributed by atoms with van der Waals surface area (Å²) in [5, 5.41) is 0. The van der Waals surface area contributed by atoms with E-state index in [0.29, 0.717) is 5.88 Å².